The fraction of sp³-hybridized carbons (Fsp3) is 1.00. The van der Waals surface area contributed by atoms with Crippen LogP contribution in [0.3, 0.4) is 0 Å². The summed E-state index contributed by atoms with van der Waals surface area (Å²) in [5.41, 5.74) is 0.523. The molecule has 0 amide bonds. The lowest BCUT2D eigenvalue weighted by atomic mass is 9.71. The van der Waals surface area contributed by atoms with E-state index in [1.54, 1.807) is 0 Å². The molecule has 2 aliphatic rings. The monoisotopic (exact) mass is 280 g/mol. The van der Waals surface area contributed by atoms with Gasteiger partial charge in [-0.3, -0.25) is 4.90 Å². The van der Waals surface area contributed by atoms with Gasteiger partial charge in [-0.25, -0.2) is 0 Å². The zero-order chi connectivity index (χ0) is 14.8. The third-order valence-corrected chi connectivity index (χ3v) is 5.61. The summed E-state index contributed by atoms with van der Waals surface area (Å²) in [5, 5.41) is 3.85. The number of nitrogens with zero attached hydrogens (tertiary/aromatic N) is 1. The van der Waals surface area contributed by atoms with Gasteiger partial charge in [0.1, 0.15) is 0 Å². The summed E-state index contributed by atoms with van der Waals surface area (Å²) >= 11 is 0. The topological polar surface area (TPSA) is 15.3 Å². The molecule has 0 aromatic heterocycles. The lowest BCUT2D eigenvalue weighted by Gasteiger charge is -2.50. The SMILES string of the molecule is CCCNC1CCC(C)(C)CC1N1CC(C)CCC1C. The van der Waals surface area contributed by atoms with Gasteiger partial charge >= 0.3 is 0 Å². The second kappa shape index (κ2) is 6.79. The fourth-order valence-electron chi connectivity index (χ4n) is 4.25. The van der Waals surface area contributed by atoms with Crippen molar-refractivity contribution in [3.63, 3.8) is 0 Å². The molecule has 4 unspecified atom stereocenters. The molecule has 118 valence electrons. The molecule has 2 fully saturated rings. The average molecular weight is 280 g/mol. The molecule has 1 N–H and O–H groups in total. The standard InChI is InChI=1S/C18H36N2/c1-6-11-19-16-9-10-18(4,5)12-17(16)20-13-14(2)7-8-15(20)3/h14-17,19H,6-13H2,1-5H3. The van der Waals surface area contributed by atoms with Gasteiger partial charge in [0.05, 0.1) is 0 Å². The smallest absolute Gasteiger partial charge is 0.0257 e. The van der Waals surface area contributed by atoms with Crippen LogP contribution >= 0.6 is 0 Å². The first-order valence-electron chi connectivity index (χ1n) is 8.92. The van der Waals surface area contributed by atoms with Gasteiger partial charge in [0.2, 0.25) is 0 Å². The van der Waals surface area contributed by atoms with Crippen LogP contribution in [0, 0.1) is 11.3 Å². The highest BCUT2D eigenvalue weighted by Gasteiger charge is 2.40. The molecule has 2 rings (SSSR count). The van der Waals surface area contributed by atoms with Gasteiger partial charge in [0.15, 0.2) is 0 Å². The summed E-state index contributed by atoms with van der Waals surface area (Å²) in [6, 6.07) is 2.25. The van der Waals surface area contributed by atoms with Crippen molar-refractivity contribution in [2.75, 3.05) is 13.1 Å². The molecule has 1 saturated carbocycles. The second-order valence-electron chi connectivity index (χ2n) is 8.26. The van der Waals surface area contributed by atoms with Crippen molar-refractivity contribution in [3.8, 4) is 0 Å². The van der Waals surface area contributed by atoms with Crippen LogP contribution in [0.25, 0.3) is 0 Å². The highest BCUT2D eigenvalue weighted by molar-refractivity contribution is 4.97. The van der Waals surface area contributed by atoms with E-state index in [0.29, 0.717) is 5.41 Å². The molecule has 1 aliphatic carbocycles. The van der Waals surface area contributed by atoms with E-state index < -0.39 is 0 Å². The Hall–Kier alpha value is -0.0800. The number of hydrogen-bond acceptors (Lipinski definition) is 2. The van der Waals surface area contributed by atoms with E-state index in [1.807, 2.05) is 0 Å². The van der Waals surface area contributed by atoms with E-state index in [2.05, 4.69) is 44.8 Å². The van der Waals surface area contributed by atoms with Crippen LogP contribution in [-0.4, -0.2) is 36.1 Å². The molecular formula is C18H36N2. The molecule has 1 heterocycles. The minimum atomic E-state index is 0.523. The Balaban J connectivity index is 2.08. The first kappa shape index (κ1) is 16.3. The predicted octanol–water partition coefficient (Wildman–Crippen LogP) is 4.05. The van der Waals surface area contributed by atoms with Gasteiger partial charge in [-0.2, -0.15) is 0 Å². The van der Waals surface area contributed by atoms with Gasteiger partial charge in [0, 0.05) is 24.7 Å². The van der Waals surface area contributed by atoms with Crippen molar-refractivity contribution in [3.05, 3.63) is 0 Å². The summed E-state index contributed by atoms with van der Waals surface area (Å²) in [6.45, 7) is 14.6. The molecule has 4 atom stereocenters. The molecule has 20 heavy (non-hydrogen) atoms. The first-order valence-corrected chi connectivity index (χ1v) is 8.92. The third-order valence-electron chi connectivity index (χ3n) is 5.61. The van der Waals surface area contributed by atoms with Crippen LogP contribution in [0.15, 0.2) is 0 Å². The predicted molar refractivity (Wildman–Crippen MR) is 88.1 cm³/mol. The zero-order valence-corrected chi connectivity index (χ0v) is 14.4. The molecular weight excluding hydrogens is 244 g/mol. The Labute approximate surface area is 126 Å². The van der Waals surface area contributed by atoms with E-state index in [1.165, 1.54) is 51.6 Å². The molecule has 1 saturated heterocycles. The number of likely N-dealkylation sites (tertiary alicyclic amines) is 1. The summed E-state index contributed by atoms with van der Waals surface area (Å²) in [5.74, 6) is 0.878. The van der Waals surface area contributed by atoms with E-state index in [4.69, 9.17) is 0 Å². The molecule has 0 aromatic carbocycles. The summed E-state index contributed by atoms with van der Waals surface area (Å²) in [6.07, 6.45) is 8.15. The van der Waals surface area contributed by atoms with Crippen molar-refractivity contribution >= 4 is 0 Å². The Kier molecular flexibility index (Phi) is 5.53. The quantitative estimate of drug-likeness (QED) is 0.835. The lowest BCUT2D eigenvalue weighted by molar-refractivity contribution is 0.00880. The Morgan fingerprint density at radius 3 is 2.60 bits per heavy atom. The van der Waals surface area contributed by atoms with Crippen molar-refractivity contribution < 1.29 is 0 Å². The van der Waals surface area contributed by atoms with Crippen LogP contribution in [0.4, 0.5) is 0 Å². The molecule has 2 nitrogen and oxygen atoms in total. The number of nitrogens with one attached hydrogen (secondary N) is 1. The van der Waals surface area contributed by atoms with E-state index in [-0.39, 0.29) is 0 Å². The van der Waals surface area contributed by atoms with E-state index in [9.17, 15) is 0 Å². The average Bonchev–Trinajstić information content (AvgIpc) is 2.39. The maximum atomic E-state index is 3.85. The Morgan fingerprint density at radius 2 is 1.90 bits per heavy atom. The summed E-state index contributed by atoms with van der Waals surface area (Å²) in [4.78, 5) is 2.85. The molecule has 2 heteroatoms. The highest BCUT2D eigenvalue weighted by atomic mass is 15.2. The Morgan fingerprint density at radius 1 is 1.15 bits per heavy atom. The van der Waals surface area contributed by atoms with Gasteiger partial charge in [-0.15, -0.1) is 0 Å². The largest absolute Gasteiger partial charge is 0.312 e. The Bertz CT molecular complexity index is 300. The fourth-order valence-corrected chi connectivity index (χ4v) is 4.25. The molecule has 0 radical (unpaired) electrons. The van der Waals surface area contributed by atoms with E-state index >= 15 is 0 Å². The first-order chi connectivity index (χ1) is 9.43. The summed E-state index contributed by atoms with van der Waals surface area (Å²) in [7, 11) is 0. The molecule has 0 spiro atoms. The minimum absolute atomic E-state index is 0.523. The van der Waals surface area contributed by atoms with E-state index in [0.717, 1.165) is 24.0 Å². The molecule has 1 aliphatic heterocycles. The summed E-state index contributed by atoms with van der Waals surface area (Å²) < 4.78 is 0. The maximum Gasteiger partial charge on any atom is 0.0257 e. The van der Waals surface area contributed by atoms with Crippen molar-refractivity contribution in [1.29, 1.82) is 0 Å². The van der Waals surface area contributed by atoms with Gasteiger partial charge in [-0.1, -0.05) is 27.7 Å². The minimum Gasteiger partial charge on any atom is -0.312 e. The second-order valence-corrected chi connectivity index (χ2v) is 8.26. The van der Waals surface area contributed by atoms with Crippen molar-refractivity contribution in [1.82, 2.24) is 10.2 Å². The normalized spacial score (nSPS) is 38.9. The van der Waals surface area contributed by atoms with Gasteiger partial charge in [0.25, 0.3) is 0 Å². The van der Waals surface area contributed by atoms with Gasteiger partial charge < -0.3 is 5.32 Å². The lowest BCUT2D eigenvalue weighted by Crippen LogP contribution is -2.59. The van der Waals surface area contributed by atoms with Crippen LogP contribution in [0.5, 0.6) is 0 Å². The number of rotatable bonds is 4. The third kappa shape index (κ3) is 3.98. The van der Waals surface area contributed by atoms with Gasteiger partial charge in [-0.05, 0) is 63.3 Å². The van der Waals surface area contributed by atoms with Crippen LogP contribution in [-0.2, 0) is 0 Å². The number of piperidine rings is 1. The van der Waals surface area contributed by atoms with Crippen LogP contribution < -0.4 is 5.32 Å². The molecule has 0 bridgehead atoms. The van der Waals surface area contributed by atoms with Crippen LogP contribution in [0.1, 0.15) is 73.1 Å². The number of hydrogen-bond donors (Lipinski definition) is 1. The maximum absolute atomic E-state index is 3.85. The van der Waals surface area contributed by atoms with Crippen molar-refractivity contribution in [2.45, 2.75) is 91.3 Å². The van der Waals surface area contributed by atoms with Crippen molar-refractivity contribution in [2.24, 2.45) is 11.3 Å². The van der Waals surface area contributed by atoms with Crippen LogP contribution in [0.2, 0.25) is 0 Å². The highest BCUT2D eigenvalue weighted by Crippen LogP contribution is 2.39. The zero-order valence-electron chi connectivity index (χ0n) is 14.4. The molecule has 0 aromatic rings.